The van der Waals surface area contributed by atoms with Gasteiger partial charge in [0.05, 0.1) is 0 Å². The van der Waals surface area contributed by atoms with Crippen molar-refractivity contribution in [3.8, 4) is 0 Å². The Hall–Kier alpha value is 1.37. The standard InChI is InChI=1S/C6H5.3BrH.Ti/c1-2-4-6-5-3-1;;;;/h1-5H;3*1H;/q;;;;+3/p-3. The van der Waals surface area contributed by atoms with Crippen LogP contribution in [0.5, 0.6) is 0 Å². The average Bonchev–Trinajstić information content (AvgIpc) is 1.88. The summed E-state index contributed by atoms with van der Waals surface area (Å²) in [7, 11) is -2.06. The molecule has 1 aromatic carbocycles. The molecule has 0 saturated heterocycles. The fraction of sp³-hybridized carbons (Fsp3) is 0. The van der Waals surface area contributed by atoms with Gasteiger partial charge >= 0.3 is 84.0 Å². The van der Waals surface area contributed by atoms with Crippen LogP contribution in [0, 0.1) is 0 Å². The first-order valence-electron chi connectivity index (χ1n) is 2.73. The average molecular weight is 365 g/mol. The topological polar surface area (TPSA) is 0 Å². The van der Waals surface area contributed by atoms with Crippen LogP contribution in [0.1, 0.15) is 0 Å². The molecule has 0 aliphatic rings. The van der Waals surface area contributed by atoms with Gasteiger partial charge in [0.25, 0.3) is 0 Å². The molecule has 0 unspecified atom stereocenters. The molecular formula is C6H5Br3Ti. The number of benzene rings is 1. The van der Waals surface area contributed by atoms with E-state index in [2.05, 4.69) is 51.6 Å². The molecule has 4 heteroatoms. The molecule has 54 valence electrons. The van der Waals surface area contributed by atoms with E-state index in [1.165, 1.54) is 3.87 Å². The van der Waals surface area contributed by atoms with Gasteiger partial charge < -0.3 is 0 Å². The summed E-state index contributed by atoms with van der Waals surface area (Å²) < 4.78 is 1.34. The Morgan fingerprint density at radius 1 is 0.900 bits per heavy atom. The van der Waals surface area contributed by atoms with Crippen LogP contribution in [0.2, 0.25) is 0 Å². The maximum atomic E-state index is 3.61. The second kappa shape index (κ2) is 3.86. The van der Waals surface area contributed by atoms with Crippen LogP contribution >= 0.6 is 39.5 Å². The first-order valence-corrected chi connectivity index (χ1v) is 15.1. The van der Waals surface area contributed by atoms with Crippen molar-refractivity contribution in [1.82, 2.24) is 0 Å². The summed E-state index contributed by atoms with van der Waals surface area (Å²) in [6.45, 7) is 0. The summed E-state index contributed by atoms with van der Waals surface area (Å²) in [5.74, 6) is 0. The van der Waals surface area contributed by atoms with Crippen molar-refractivity contribution in [2.45, 2.75) is 0 Å². The van der Waals surface area contributed by atoms with E-state index < -0.39 is 10.3 Å². The molecule has 0 saturated carbocycles. The van der Waals surface area contributed by atoms with Crippen LogP contribution in [-0.4, -0.2) is 0 Å². The molecule has 0 heterocycles. The molecule has 0 atom stereocenters. The van der Waals surface area contributed by atoms with Crippen LogP contribution < -0.4 is 3.87 Å². The third kappa shape index (κ3) is 2.78. The van der Waals surface area contributed by atoms with Crippen LogP contribution in [0.4, 0.5) is 0 Å². The summed E-state index contributed by atoms with van der Waals surface area (Å²) in [4.78, 5) is 0. The molecule has 1 rings (SSSR count). The Morgan fingerprint density at radius 2 is 1.40 bits per heavy atom. The fourth-order valence-electron chi connectivity index (χ4n) is 0.627. The van der Waals surface area contributed by atoms with E-state index in [1.54, 1.807) is 0 Å². The van der Waals surface area contributed by atoms with Gasteiger partial charge in [-0.1, -0.05) is 0 Å². The van der Waals surface area contributed by atoms with Crippen molar-refractivity contribution in [1.29, 1.82) is 0 Å². The molecule has 0 radical (unpaired) electrons. The van der Waals surface area contributed by atoms with Gasteiger partial charge in [-0.05, 0) is 0 Å². The van der Waals surface area contributed by atoms with E-state index in [-0.39, 0.29) is 0 Å². The zero-order valence-corrected chi connectivity index (χ0v) is 11.3. The van der Waals surface area contributed by atoms with E-state index in [4.69, 9.17) is 0 Å². The van der Waals surface area contributed by atoms with Gasteiger partial charge in [-0.3, -0.25) is 0 Å². The van der Waals surface area contributed by atoms with E-state index >= 15 is 0 Å². The van der Waals surface area contributed by atoms with Gasteiger partial charge in [-0.2, -0.15) is 0 Å². The van der Waals surface area contributed by atoms with Gasteiger partial charge in [-0.15, -0.1) is 0 Å². The molecule has 0 nitrogen and oxygen atoms in total. The first-order chi connectivity index (χ1) is 4.61. The Morgan fingerprint density at radius 3 is 1.70 bits per heavy atom. The number of halogens is 3. The first kappa shape index (κ1) is 9.46. The van der Waals surface area contributed by atoms with Crippen molar-refractivity contribution < 1.29 is 10.3 Å². The molecule has 0 aliphatic carbocycles. The quantitative estimate of drug-likeness (QED) is 0.670. The van der Waals surface area contributed by atoms with Crippen molar-refractivity contribution in [3.05, 3.63) is 30.3 Å². The minimum atomic E-state index is -2.06. The second-order valence-electron chi connectivity index (χ2n) is 1.86. The van der Waals surface area contributed by atoms with Gasteiger partial charge in [0.1, 0.15) is 0 Å². The zero-order chi connectivity index (χ0) is 7.61. The number of hydrogen-bond acceptors (Lipinski definition) is 0. The van der Waals surface area contributed by atoms with Crippen LogP contribution in [0.15, 0.2) is 30.3 Å². The van der Waals surface area contributed by atoms with Crippen molar-refractivity contribution >= 4 is 43.4 Å². The van der Waals surface area contributed by atoms with Gasteiger partial charge in [0.15, 0.2) is 0 Å². The molecule has 1 aromatic rings. The predicted molar refractivity (Wildman–Crippen MR) is 52.9 cm³/mol. The van der Waals surface area contributed by atoms with Crippen LogP contribution in [0.25, 0.3) is 0 Å². The molecule has 0 spiro atoms. The summed E-state index contributed by atoms with van der Waals surface area (Å²) in [5.41, 5.74) is 0. The molecule has 0 bridgehead atoms. The minimum absolute atomic E-state index is 1.34. The SMILES string of the molecule is [Br][Ti]([Br])([Br])[c]1ccccc1. The van der Waals surface area contributed by atoms with Crippen LogP contribution in [0.3, 0.4) is 0 Å². The molecule has 0 N–H and O–H groups in total. The summed E-state index contributed by atoms with van der Waals surface area (Å²) in [6, 6.07) is 10.3. The van der Waals surface area contributed by atoms with E-state index in [1.807, 2.05) is 18.2 Å². The van der Waals surface area contributed by atoms with Crippen molar-refractivity contribution in [2.75, 3.05) is 0 Å². The van der Waals surface area contributed by atoms with Crippen molar-refractivity contribution in [2.24, 2.45) is 0 Å². The number of rotatable bonds is 1. The molecule has 0 aromatic heterocycles. The maximum absolute atomic E-state index is 3.61. The Bertz CT molecular complexity index is 204. The van der Waals surface area contributed by atoms with E-state index in [0.29, 0.717) is 0 Å². The summed E-state index contributed by atoms with van der Waals surface area (Å²) in [5, 5.41) is 0. The van der Waals surface area contributed by atoms with Gasteiger partial charge in [0.2, 0.25) is 0 Å². The van der Waals surface area contributed by atoms with Crippen molar-refractivity contribution in [3.63, 3.8) is 0 Å². The molecule has 10 heavy (non-hydrogen) atoms. The third-order valence-electron chi connectivity index (χ3n) is 1.10. The fourth-order valence-corrected chi connectivity index (χ4v) is 4.79. The van der Waals surface area contributed by atoms with E-state index in [9.17, 15) is 0 Å². The normalized spacial score (nSPS) is 11.5. The van der Waals surface area contributed by atoms with E-state index in [0.717, 1.165) is 0 Å². The Kier molecular flexibility index (Phi) is 3.65. The molecule has 0 fully saturated rings. The van der Waals surface area contributed by atoms with Crippen LogP contribution in [-0.2, 0) is 10.3 Å². The predicted octanol–water partition coefficient (Wildman–Crippen LogP) is 3.40. The van der Waals surface area contributed by atoms with Gasteiger partial charge in [-0.25, -0.2) is 0 Å². The third-order valence-corrected chi connectivity index (χ3v) is 8.31. The Labute approximate surface area is 82.9 Å². The second-order valence-corrected chi connectivity index (χ2v) is 32.2. The summed E-state index contributed by atoms with van der Waals surface area (Å²) in [6.07, 6.45) is 0. The summed E-state index contributed by atoms with van der Waals surface area (Å²) >= 11 is 10.8. The van der Waals surface area contributed by atoms with Gasteiger partial charge in [0, 0.05) is 0 Å². The number of hydrogen-bond donors (Lipinski definition) is 0. The Balaban J connectivity index is 2.97. The molecular weight excluding hydrogens is 360 g/mol. The monoisotopic (exact) mass is 362 g/mol. The molecule has 0 aliphatic heterocycles. The molecule has 0 amide bonds. The zero-order valence-electron chi connectivity index (χ0n) is 5.02.